The van der Waals surface area contributed by atoms with Gasteiger partial charge in [-0.05, 0) is 36.8 Å². The fraction of sp³-hybridized carbons (Fsp3) is 0.125. The SMILES string of the molecule is Cc1cc(Br)cc(Cl)c1OCC(=O)Nc1ccccc1C#N. The third-order valence-corrected chi connectivity index (χ3v) is 3.60. The molecule has 1 N–H and O–H groups in total. The Balaban J connectivity index is 2.04. The number of anilines is 1. The van der Waals surface area contributed by atoms with Crippen LogP contribution >= 0.6 is 27.5 Å². The van der Waals surface area contributed by atoms with Crippen LogP contribution in [0.2, 0.25) is 5.02 Å². The molecule has 0 unspecified atom stereocenters. The summed E-state index contributed by atoms with van der Waals surface area (Å²) in [5.41, 5.74) is 1.68. The molecule has 0 heterocycles. The van der Waals surface area contributed by atoms with Crippen LogP contribution < -0.4 is 10.1 Å². The Morgan fingerprint density at radius 1 is 1.41 bits per heavy atom. The number of hydrogen-bond acceptors (Lipinski definition) is 3. The minimum atomic E-state index is -0.360. The van der Waals surface area contributed by atoms with E-state index in [2.05, 4.69) is 21.2 Å². The van der Waals surface area contributed by atoms with E-state index < -0.39 is 0 Å². The summed E-state index contributed by atoms with van der Waals surface area (Å²) < 4.78 is 6.32. The third-order valence-electron chi connectivity index (χ3n) is 2.86. The second-order valence-corrected chi connectivity index (χ2v) is 5.85. The van der Waals surface area contributed by atoms with Gasteiger partial charge in [0.1, 0.15) is 11.8 Å². The van der Waals surface area contributed by atoms with E-state index in [1.54, 1.807) is 30.3 Å². The van der Waals surface area contributed by atoms with E-state index in [-0.39, 0.29) is 12.5 Å². The Bertz CT molecular complexity index is 733. The fourth-order valence-electron chi connectivity index (χ4n) is 1.89. The molecule has 0 saturated carbocycles. The van der Waals surface area contributed by atoms with Crippen LogP contribution in [0.15, 0.2) is 40.9 Å². The molecule has 112 valence electrons. The maximum atomic E-state index is 11.9. The monoisotopic (exact) mass is 378 g/mol. The molecule has 0 atom stereocenters. The highest BCUT2D eigenvalue weighted by molar-refractivity contribution is 9.10. The molecule has 4 nitrogen and oxygen atoms in total. The molecule has 0 bridgehead atoms. The van der Waals surface area contributed by atoms with E-state index in [0.717, 1.165) is 10.0 Å². The first-order chi connectivity index (χ1) is 10.5. The summed E-state index contributed by atoms with van der Waals surface area (Å²) in [5, 5.41) is 12.1. The van der Waals surface area contributed by atoms with E-state index in [0.29, 0.717) is 22.0 Å². The Morgan fingerprint density at radius 3 is 2.82 bits per heavy atom. The molecule has 0 aromatic heterocycles. The molecule has 2 aromatic rings. The smallest absolute Gasteiger partial charge is 0.262 e. The number of carbonyl (C=O) groups is 1. The van der Waals surface area contributed by atoms with Gasteiger partial charge in [-0.3, -0.25) is 4.79 Å². The minimum Gasteiger partial charge on any atom is -0.482 e. The fourth-order valence-corrected chi connectivity index (χ4v) is 2.91. The van der Waals surface area contributed by atoms with Crippen LogP contribution in [-0.2, 0) is 4.79 Å². The van der Waals surface area contributed by atoms with Gasteiger partial charge in [-0.1, -0.05) is 39.7 Å². The zero-order valence-corrected chi connectivity index (χ0v) is 14.0. The van der Waals surface area contributed by atoms with E-state index in [9.17, 15) is 4.79 Å². The maximum Gasteiger partial charge on any atom is 0.262 e. The summed E-state index contributed by atoms with van der Waals surface area (Å²) >= 11 is 9.43. The molecule has 0 spiro atoms. The molecule has 2 rings (SSSR count). The number of para-hydroxylation sites is 1. The van der Waals surface area contributed by atoms with E-state index in [1.165, 1.54) is 0 Å². The van der Waals surface area contributed by atoms with Gasteiger partial charge in [-0.25, -0.2) is 0 Å². The summed E-state index contributed by atoms with van der Waals surface area (Å²) in [4.78, 5) is 11.9. The lowest BCUT2D eigenvalue weighted by Crippen LogP contribution is -2.21. The molecular weight excluding hydrogens is 368 g/mol. The first-order valence-corrected chi connectivity index (χ1v) is 7.56. The van der Waals surface area contributed by atoms with Crippen molar-refractivity contribution in [1.82, 2.24) is 0 Å². The van der Waals surface area contributed by atoms with Crippen LogP contribution in [0.5, 0.6) is 5.75 Å². The quantitative estimate of drug-likeness (QED) is 0.861. The van der Waals surface area contributed by atoms with Gasteiger partial charge >= 0.3 is 0 Å². The van der Waals surface area contributed by atoms with Crippen molar-refractivity contribution in [2.45, 2.75) is 6.92 Å². The van der Waals surface area contributed by atoms with Crippen molar-refractivity contribution in [1.29, 1.82) is 5.26 Å². The lowest BCUT2D eigenvalue weighted by atomic mass is 10.2. The summed E-state index contributed by atoms with van der Waals surface area (Å²) in [7, 11) is 0. The summed E-state index contributed by atoms with van der Waals surface area (Å²) in [6.07, 6.45) is 0. The second-order valence-electron chi connectivity index (χ2n) is 4.53. The molecule has 1 amide bonds. The molecule has 22 heavy (non-hydrogen) atoms. The number of carbonyl (C=O) groups excluding carboxylic acids is 1. The van der Waals surface area contributed by atoms with Crippen molar-refractivity contribution in [2.75, 3.05) is 11.9 Å². The van der Waals surface area contributed by atoms with Gasteiger partial charge in [0.2, 0.25) is 0 Å². The molecule has 0 aliphatic rings. The molecule has 0 aliphatic heterocycles. The number of benzene rings is 2. The largest absolute Gasteiger partial charge is 0.482 e. The zero-order valence-electron chi connectivity index (χ0n) is 11.7. The zero-order chi connectivity index (χ0) is 16.1. The van der Waals surface area contributed by atoms with Gasteiger partial charge in [0.25, 0.3) is 5.91 Å². The molecule has 0 aliphatic carbocycles. The maximum absolute atomic E-state index is 11.9. The number of hydrogen-bond donors (Lipinski definition) is 1. The van der Waals surface area contributed by atoms with Gasteiger partial charge in [0.05, 0.1) is 16.3 Å². The van der Waals surface area contributed by atoms with Crippen molar-refractivity contribution in [3.8, 4) is 11.8 Å². The average Bonchev–Trinajstić information content (AvgIpc) is 2.46. The first kappa shape index (κ1) is 16.3. The lowest BCUT2D eigenvalue weighted by Gasteiger charge is -2.12. The standard InChI is InChI=1S/C16H12BrClN2O2/c1-10-6-12(17)7-13(18)16(10)22-9-15(21)20-14-5-3-2-4-11(14)8-19/h2-7H,9H2,1H3,(H,20,21). The lowest BCUT2D eigenvalue weighted by molar-refractivity contribution is -0.118. The summed E-state index contributed by atoms with van der Waals surface area (Å²) in [6, 6.07) is 12.3. The normalized spacial score (nSPS) is 9.91. The Labute approximate surface area is 141 Å². The molecule has 6 heteroatoms. The number of ether oxygens (including phenoxy) is 1. The van der Waals surface area contributed by atoms with Crippen LogP contribution in [0, 0.1) is 18.3 Å². The summed E-state index contributed by atoms with van der Waals surface area (Å²) in [5.74, 6) is 0.106. The van der Waals surface area contributed by atoms with Crippen molar-refractivity contribution in [3.05, 3.63) is 57.0 Å². The number of aryl methyl sites for hydroxylation is 1. The number of amides is 1. The van der Waals surface area contributed by atoms with E-state index >= 15 is 0 Å². The van der Waals surface area contributed by atoms with Crippen LogP contribution in [0.25, 0.3) is 0 Å². The van der Waals surface area contributed by atoms with Crippen LogP contribution in [0.4, 0.5) is 5.69 Å². The Hall–Kier alpha value is -2.03. The molecular formula is C16H12BrClN2O2. The number of nitrogens with one attached hydrogen (secondary N) is 1. The predicted molar refractivity (Wildman–Crippen MR) is 89.2 cm³/mol. The molecule has 0 saturated heterocycles. The second kappa shape index (κ2) is 7.30. The Morgan fingerprint density at radius 2 is 2.14 bits per heavy atom. The predicted octanol–water partition coefficient (Wildman–Crippen LogP) is 4.30. The first-order valence-electron chi connectivity index (χ1n) is 6.38. The highest BCUT2D eigenvalue weighted by Gasteiger charge is 2.11. The minimum absolute atomic E-state index is 0.193. The number of halogens is 2. The van der Waals surface area contributed by atoms with E-state index in [1.807, 2.05) is 19.1 Å². The highest BCUT2D eigenvalue weighted by Crippen LogP contribution is 2.31. The third kappa shape index (κ3) is 4.00. The van der Waals surface area contributed by atoms with Gasteiger partial charge in [0, 0.05) is 4.47 Å². The Kier molecular flexibility index (Phi) is 5.42. The molecule has 2 aromatic carbocycles. The number of rotatable bonds is 4. The van der Waals surface area contributed by atoms with Gasteiger partial charge < -0.3 is 10.1 Å². The van der Waals surface area contributed by atoms with Crippen LogP contribution in [0.3, 0.4) is 0 Å². The van der Waals surface area contributed by atoms with Crippen molar-refractivity contribution < 1.29 is 9.53 Å². The van der Waals surface area contributed by atoms with Gasteiger partial charge in [-0.2, -0.15) is 5.26 Å². The summed E-state index contributed by atoms with van der Waals surface area (Å²) in [6.45, 7) is 1.65. The van der Waals surface area contributed by atoms with Gasteiger partial charge in [0.15, 0.2) is 6.61 Å². The topological polar surface area (TPSA) is 62.1 Å². The number of nitrogens with zero attached hydrogens (tertiary/aromatic N) is 1. The van der Waals surface area contributed by atoms with Crippen LogP contribution in [-0.4, -0.2) is 12.5 Å². The average molecular weight is 380 g/mol. The number of nitriles is 1. The van der Waals surface area contributed by atoms with Crippen molar-refractivity contribution in [2.24, 2.45) is 0 Å². The van der Waals surface area contributed by atoms with Crippen molar-refractivity contribution >= 4 is 39.1 Å². The highest BCUT2D eigenvalue weighted by atomic mass is 79.9. The molecule has 0 fully saturated rings. The van der Waals surface area contributed by atoms with E-state index in [4.69, 9.17) is 21.6 Å². The van der Waals surface area contributed by atoms with Crippen LogP contribution in [0.1, 0.15) is 11.1 Å². The van der Waals surface area contributed by atoms with Gasteiger partial charge in [-0.15, -0.1) is 0 Å². The molecule has 0 radical (unpaired) electrons. The van der Waals surface area contributed by atoms with Crippen molar-refractivity contribution in [3.63, 3.8) is 0 Å².